The second-order valence-electron chi connectivity index (χ2n) is 16.9. The molecule has 8 rings (SSSR count). The van der Waals surface area contributed by atoms with Gasteiger partial charge in [-0.25, -0.2) is 19.6 Å². The van der Waals surface area contributed by atoms with Gasteiger partial charge in [-0.15, -0.1) is 0 Å². The van der Waals surface area contributed by atoms with Gasteiger partial charge in [0.15, 0.2) is 5.78 Å². The molecule has 3 amide bonds. The molecule has 1 aliphatic heterocycles. The summed E-state index contributed by atoms with van der Waals surface area (Å²) in [6.45, 7) is 8.27. The summed E-state index contributed by atoms with van der Waals surface area (Å²) >= 11 is 0. The fourth-order valence-corrected chi connectivity index (χ4v) is 9.34. The second-order valence-corrected chi connectivity index (χ2v) is 16.9. The predicted octanol–water partition coefficient (Wildman–Crippen LogP) is 8.80. The Bertz CT molecular complexity index is 2420. The molecular formula is C47H53N7O6. The molecule has 60 heavy (non-hydrogen) atoms. The number of amides is 3. The lowest BCUT2D eigenvalue weighted by atomic mass is 9.84. The van der Waals surface area contributed by atoms with Gasteiger partial charge in [0.2, 0.25) is 5.91 Å². The normalized spacial score (nSPS) is 19.0. The molecule has 312 valence electrons. The third-order valence-electron chi connectivity index (χ3n) is 12.5. The number of ketones is 1. The molecule has 3 heterocycles. The van der Waals surface area contributed by atoms with E-state index in [4.69, 9.17) is 19.4 Å². The van der Waals surface area contributed by atoms with E-state index < -0.39 is 24.3 Å². The molecule has 2 aromatic heterocycles. The average molecular weight is 812 g/mol. The maximum Gasteiger partial charge on any atom is 0.407 e. The minimum atomic E-state index is -0.701. The maximum atomic E-state index is 13.8. The van der Waals surface area contributed by atoms with Crippen LogP contribution in [0.3, 0.4) is 0 Å². The number of carbonyl (C=O) groups excluding carboxylic acids is 4. The van der Waals surface area contributed by atoms with E-state index in [9.17, 15) is 19.2 Å². The highest BCUT2D eigenvalue weighted by molar-refractivity contribution is 6.05. The molecule has 2 aliphatic rings. The zero-order chi connectivity index (χ0) is 42.2. The molecule has 0 spiro atoms. The molecule has 5 atom stereocenters. The van der Waals surface area contributed by atoms with Crippen molar-refractivity contribution in [2.75, 3.05) is 20.8 Å². The van der Waals surface area contributed by atoms with Crippen molar-refractivity contribution in [2.45, 2.75) is 83.8 Å². The number of hydrogen-bond acceptors (Lipinski definition) is 8. The van der Waals surface area contributed by atoms with Gasteiger partial charge in [0.25, 0.3) is 0 Å². The Balaban J connectivity index is 1.06. The van der Waals surface area contributed by atoms with E-state index in [0.29, 0.717) is 6.54 Å². The molecule has 2 fully saturated rings. The lowest BCUT2D eigenvalue weighted by Gasteiger charge is -2.29. The number of alkyl carbamates (subject to hydrolysis) is 2. The van der Waals surface area contributed by atoms with E-state index in [1.807, 2.05) is 38.7 Å². The monoisotopic (exact) mass is 811 g/mol. The first-order chi connectivity index (χ1) is 28.9. The molecule has 1 saturated heterocycles. The van der Waals surface area contributed by atoms with E-state index in [1.165, 1.54) is 14.2 Å². The van der Waals surface area contributed by atoms with Crippen LogP contribution in [0.15, 0.2) is 72.8 Å². The van der Waals surface area contributed by atoms with E-state index in [2.05, 4.69) is 87.3 Å². The highest BCUT2D eigenvalue weighted by atomic mass is 16.5. The molecule has 4 N–H and O–H groups in total. The summed E-state index contributed by atoms with van der Waals surface area (Å²) in [6, 6.07) is 23.7. The summed E-state index contributed by atoms with van der Waals surface area (Å²) < 4.78 is 9.61. The van der Waals surface area contributed by atoms with Crippen molar-refractivity contribution < 1.29 is 28.7 Å². The van der Waals surface area contributed by atoms with E-state index in [1.54, 1.807) is 0 Å². The van der Waals surface area contributed by atoms with Crippen LogP contribution in [0.1, 0.15) is 83.4 Å². The van der Waals surface area contributed by atoms with Gasteiger partial charge >= 0.3 is 12.2 Å². The van der Waals surface area contributed by atoms with E-state index in [-0.39, 0.29) is 41.4 Å². The van der Waals surface area contributed by atoms with E-state index in [0.717, 1.165) is 98.8 Å². The minimum absolute atomic E-state index is 0.0241. The van der Waals surface area contributed by atoms with Gasteiger partial charge in [0, 0.05) is 18.4 Å². The molecule has 0 bridgehead atoms. The molecule has 1 saturated carbocycles. The number of nitrogens with zero attached hydrogens (tertiary/aromatic N) is 3. The van der Waals surface area contributed by atoms with Gasteiger partial charge < -0.3 is 35.0 Å². The van der Waals surface area contributed by atoms with Crippen LogP contribution in [0.4, 0.5) is 9.59 Å². The van der Waals surface area contributed by atoms with Crippen LogP contribution in [-0.4, -0.2) is 81.6 Å². The van der Waals surface area contributed by atoms with Crippen molar-refractivity contribution >= 4 is 56.7 Å². The largest absolute Gasteiger partial charge is 0.453 e. The number of methoxy groups -OCH3 is 2. The van der Waals surface area contributed by atoms with Crippen LogP contribution in [0, 0.1) is 17.8 Å². The minimum Gasteiger partial charge on any atom is -0.453 e. The standard InChI is InChI=1S/C47H53N7O6/c1-25(2)40(52-46(57)59-5)42(55)33-15-9-16-34(33)43-48-35-20-18-27(23-37(35)50-43)29-11-7-14-32-30(12-8-13-31(29)32)28-19-21-36-38(24-28)51-44(49-36)39-17-10-22-54(39)45(56)41(26(3)4)53-47(58)60-6/h7-8,11-14,18-21,23-26,33-34,39-41H,9-10,15-17,22H2,1-6H3,(H,48,50)(H,49,51)(H,52,57)(H,53,58)/t33?,34?,39-,40-,41-/m0/s1. The number of benzene rings is 4. The number of Topliss-reactive ketones (excluding diaryl/α,β-unsaturated/α-hetero) is 1. The number of rotatable bonds is 11. The summed E-state index contributed by atoms with van der Waals surface area (Å²) in [5.74, 6) is 0.911. The number of aromatic amines is 2. The Morgan fingerprint density at radius 3 is 1.80 bits per heavy atom. The summed E-state index contributed by atoms with van der Waals surface area (Å²) in [4.78, 5) is 70.6. The fourth-order valence-electron chi connectivity index (χ4n) is 9.34. The number of H-pyrrole nitrogens is 2. The molecule has 4 aromatic carbocycles. The molecule has 1 aliphatic carbocycles. The third-order valence-corrected chi connectivity index (χ3v) is 12.5. The summed E-state index contributed by atoms with van der Waals surface area (Å²) in [5.41, 5.74) is 7.67. The van der Waals surface area contributed by atoms with Crippen molar-refractivity contribution in [1.82, 2.24) is 35.5 Å². The van der Waals surface area contributed by atoms with Crippen molar-refractivity contribution in [3.05, 3.63) is 84.4 Å². The Morgan fingerprint density at radius 2 is 1.23 bits per heavy atom. The lowest BCUT2D eigenvalue weighted by molar-refractivity contribution is -0.135. The second kappa shape index (κ2) is 16.8. The first kappa shape index (κ1) is 40.5. The molecular weight excluding hydrogens is 759 g/mol. The van der Waals surface area contributed by atoms with E-state index >= 15 is 0 Å². The average Bonchev–Trinajstić information content (AvgIpc) is 4.08. The van der Waals surface area contributed by atoms with Gasteiger partial charge in [-0.1, -0.05) is 82.6 Å². The Labute approximate surface area is 349 Å². The van der Waals surface area contributed by atoms with Gasteiger partial charge in [-0.2, -0.15) is 0 Å². The van der Waals surface area contributed by atoms with Gasteiger partial charge in [0.05, 0.1) is 48.4 Å². The number of ether oxygens (including phenoxy) is 2. The molecule has 2 unspecified atom stereocenters. The van der Waals surface area contributed by atoms with Crippen LogP contribution in [0.2, 0.25) is 0 Å². The zero-order valence-electron chi connectivity index (χ0n) is 35.0. The zero-order valence-corrected chi connectivity index (χ0v) is 35.0. The van der Waals surface area contributed by atoms with Crippen LogP contribution in [0.5, 0.6) is 0 Å². The lowest BCUT2D eigenvalue weighted by Crippen LogP contribution is -2.51. The SMILES string of the molecule is COC(=O)N[C@H](C(=O)C1CCCC1c1nc2cc(-c3cccc4c(-c5ccc6[nH]c([C@@H]7CCCN7C(=O)[C@@H](NC(=O)OC)C(C)C)nc6c5)cccc34)ccc2[nH]1)C(C)C. The van der Waals surface area contributed by atoms with Gasteiger partial charge in [-0.05, 0) is 94.8 Å². The Morgan fingerprint density at radius 1 is 0.683 bits per heavy atom. The number of imidazole rings is 2. The van der Waals surface area contributed by atoms with Gasteiger partial charge in [0.1, 0.15) is 17.7 Å². The molecule has 0 radical (unpaired) electrons. The van der Waals surface area contributed by atoms with Crippen molar-refractivity contribution in [3.8, 4) is 22.3 Å². The first-order valence-electron chi connectivity index (χ1n) is 21.0. The molecule has 13 heteroatoms. The summed E-state index contributed by atoms with van der Waals surface area (Å²) in [7, 11) is 2.60. The Hall–Kier alpha value is -6.24. The number of likely N-dealkylation sites (tertiary alicyclic amines) is 1. The highest BCUT2D eigenvalue weighted by Crippen LogP contribution is 2.42. The maximum absolute atomic E-state index is 13.8. The van der Waals surface area contributed by atoms with Gasteiger partial charge in [-0.3, -0.25) is 9.59 Å². The summed E-state index contributed by atoms with van der Waals surface area (Å²) in [5, 5.41) is 7.69. The van der Waals surface area contributed by atoms with Crippen LogP contribution >= 0.6 is 0 Å². The van der Waals surface area contributed by atoms with Crippen molar-refractivity contribution in [2.24, 2.45) is 17.8 Å². The Kier molecular flexibility index (Phi) is 11.3. The smallest absolute Gasteiger partial charge is 0.407 e. The first-order valence-corrected chi connectivity index (χ1v) is 21.0. The summed E-state index contributed by atoms with van der Waals surface area (Å²) in [6.07, 6.45) is 2.89. The predicted molar refractivity (Wildman–Crippen MR) is 231 cm³/mol. The van der Waals surface area contributed by atoms with Crippen molar-refractivity contribution in [1.29, 1.82) is 0 Å². The van der Waals surface area contributed by atoms with Crippen LogP contribution < -0.4 is 10.6 Å². The fraction of sp³-hybridized carbons (Fsp3) is 0.404. The molecule has 6 aromatic rings. The topological polar surface area (TPSA) is 171 Å². The number of hydrogen-bond donors (Lipinski definition) is 4. The number of nitrogens with one attached hydrogen (secondary N) is 4. The van der Waals surface area contributed by atoms with Crippen molar-refractivity contribution in [3.63, 3.8) is 0 Å². The van der Waals surface area contributed by atoms with Crippen LogP contribution in [-0.2, 0) is 19.1 Å². The molecule has 13 nitrogen and oxygen atoms in total. The number of aromatic nitrogens is 4. The quantitative estimate of drug-likeness (QED) is 0.101. The third kappa shape index (κ3) is 7.68. The number of carbonyl (C=O) groups is 4. The van der Waals surface area contributed by atoms with Crippen LogP contribution in [0.25, 0.3) is 55.1 Å². The number of fused-ring (bicyclic) bond motifs is 3. The highest BCUT2D eigenvalue weighted by Gasteiger charge is 2.41.